The lowest BCUT2D eigenvalue weighted by molar-refractivity contribution is -0.126. The van der Waals surface area contributed by atoms with Crippen LogP contribution in [0.4, 0.5) is 17.2 Å². The maximum Gasteiger partial charge on any atom is 0.245 e. The number of nitrogens with zero attached hydrogens (tertiary/aromatic N) is 3. The van der Waals surface area contributed by atoms with Crippen molar-refractivity contribution in [2.45, 2.75) is 13.8 Å². The van der Waals surface area contributed by atoms with Gasteiger partial charge in [0.15, 0.2) is 5.43 Å². The second-order valence-corrected chi connectivity index (χ2v) is 8.09. The Hall–Kier alpha value is -4.39. The number of pyridine rings is 2. The summed E-state index contributed by atoms with van der Waals surface area (Å²) in [7, 11) is 1.68. The number of benzene rings is 2. The van der Waals surface area contributed by atoms with Crippen LogP contribution in [0.3, 0.4) is 0 Å². The minimum atomic E-state index is -0.165. The van der Waals surface area contributed by atoms with Crippen LogP contribution in [0.2, 0.25) is 0 Å². The largest absolute Gasteiger partial charge is 0.375 e. The molecule has 4 aromatic rings. The van der Waals surface area contributed by atoms with Crippen LogP contribution in [0.15, 0.2) is 89.9 Å². The number of fused-ring (bicyclic) bond motifs is 1. The molecular weight excluding hydrogens is 426 g/mol. The van der Waals surface area contributed by atoms with Crippen LogP contribution < -0.4 is 16.1 Å². The van der Waals surface area contributed by atoms with E-state index >= 15 is 0 Å². The standard InChI is InChI=1S/C27H27N5O2/c1-18(2)31(4)26(34)17-28-23-15-22-24(33)16-25(30-20-11-7-5-8-12-20)32(27(22)29-19(23)3)21-13-9-6-10-14-21/h5-16,28,30H,1,17H2,2-4H3. The van der Waals surface area contributed by atoms with E-state index in [0.29, 0.717) is 33.9 Å². The summed E-state index contributed by atoms with van der Waals surface area (Å²) in [5, 5.41) is 6.93. The van der Waals surface area contributed by atoms with Gasteiger partial charge in [0.2, 0.25) is 5.91 Å². The van der Waals surface area contributed by atoms with Crippen molar-refractivity contribution in [3.05, 3.63) is 101 Å². The molecule has 0 bridgehead atoms. The van der Waals surface area contributed by atoms with Crippen molar-refractivity contribution in [3.63, 3.8) is 0 Å². The maximum atomic E-state index is 13.2. The van der Waals surface area contributed by atoms with E-state index in [0.717, 1.165) is 11.4 Å². The van der Waals surface area contributed by atoms with Gasteiger partial charge in [-0.15, -0.1) is 0 Å². The number of carbonyl (C=O) groups is 1. The van der Waals surface area contributed by atoms with Gasteiger partial charge in [0, 0.05) is 30.2 Å². The molecule has 172 valence electrons. The summed E-state index contributed by atoms with van der Waals surface area (Å²) in [4.78, 5) is 31.8. The predicted octanol–water partition coefficient (Wildman–Crippen LogP) is 4.84. The van der Waals surface area contributed by atoms with Crippen molar-refractivity contribution >= 4 is 34.1 Å². The van der Waals surface area contributed by atoms with Gasteiger partial charge in [0.05, 0.1) is 23.3 Å². The van der Waals surface area contributed by atoms with Crippen LogP contribution >= 0.6 is 0 Å². The molecule has 0 atom stereocenters. The molecule has 7 heteroatoms. The molecule has 0 saturated heterocycles. The van der Waals surface area contributed by atoms with E-state index in [9.17, 15) is 9.59 Å². The second kappa shape index (κ2) is 9.62. The van der Waals surface area contributed by atoms with Crippen LogP contribution in [0.5, 0.6) is 0 Å². The summed E-state index contributed by atoms with van der Waals surface area (Å²) in [6, 6.07) is 22.8. The van der Waals surface area contributed by atoms with Gasteiger partial charge < -0.3 is 15.5 Å². The first-order chi connectivity index (χ1) is 16.3. The zero-order chi connectivity index (χ0) is 24.2. The molecule has 0 spiro atoms. The SMILES string of the molecule is C=C(C)N(C)C(=O)CNc1cc2c(=O)cc(Nc3ccccc3)n(-c3ccccc3)c2nc1C. The molecule has 2 heterocycles. The number of amides is 1. The number of likely N-dealkylation sites (N-methyl/N-ethyl adjacent to an activating group) is 1. The number of rotatable bonds is 7. The van der Waals surface area contributed by atoms with Gasteiger partial charge in [0.25, 0.3) is 0 Å². The normalized spacial score (nSPS) is 10.7. The topological polar surface area (TPSA) is 79.3 Å². The molecule has 1 amide bonds. The number of carbonyl (C=O) groups excluding carboxylic acids is 1. The van der Waals surface area contributed by atoms with E-state index in [1.165, 1.54) is 4.90 Å². The van der Waals surface area contributed by atoms with Gasteiger partial charge in [-0.2, -0.15) is 0 Å². The van der Waals surface area contributed by atoms with Crippen LogP contribution in [0, 0.1) is 6.92 Å². The van der Waals surface area contributed by atoms with E-state index in [1.807, 2.05) is 72.2 Å². The molecule has 0 aliphatic carbocycles. The van der Waals surface area contributed by atoms with E-state index in [2.05, 4.69) is 17.2 Å². The highest BCUT2D eigenvalue weighted by molar-refractivity contribution is 5.86. The molecule has 0 radical (unpaired) electrons. The van der Waals surface area contributed by atoms with E-state index in [4.69, 9.17) is 4.98 Å². The Morgan fingerprint density at radius 1 is 1.06 bits per heavy atom. The number of nitrogens with one attached hydrogen (secondary N) is 2. The zero-order valence-electron chi connectivity index (χ0n) is 19.5. The number of hydrogen-bond donors (Lipinski definition) is 2. The fraction of sp³-hybridized carbons (Fsp3) is 0.148. The van der Waals surface area contributed by atoms with E-state index in [1.54, 1.807) is 26.1 Å². The van der Waals surface area contributed by atoms with Gasteiger partial charge in [-0.05, 0) is 44.2 Å². The van der Waals surface area contributed by atoms with Crippen molar-refractivity contribution < 1.29 is 4.79 Å². The Kier molecular flexibility index (Phi) is 6.45. The molecule has 0 saturated carbocycles. The monoisotopic (exact) mass is 453 g/mol. The average molecular weight is 454 g/mol. The molecule has 2 aromatic heterocycles. The predicted molar refractivity (Wildman–Crippen MR) is 138 cm³/mol. The first-order valence-corrected chi connectivity index (χ1v) is 11.0. The van der Waals surface area contributed by atoms with Gasteiger partial charge in [0.1, 0.15) is 11.5 Å². The second-order valence-electron chi connectivity index (χ2n) is 8.09. The smallest absolute Gasteiger partial charge is 0.245 e. The first-order valence-electron chi connectivity index (χ1n) is 11.0. The van der Waals surface area contributed by atoms with Crippen molar-refractivity contribution in [1.29, 1.82) is 0 Å². The Morgan fingerprint density at radius 2 is 1.71 bits per heavy atom. The van der Waals surface area contributed by atoms with Gasteiger partial charge >= 0.3 is 0 Å². The summed E-state index contributed by atoms with van der Waals surface area (Å²) in [5.74, 6) is 0.483. The Bertz CT molecular complexity index is 1410. The summed E-state index contributed by atoms with van der Waals surface area (Å²) in [6.07, 6.45) is 0. The molecule has 0 unspecified atom stereocenters. The average Bonchev–Trinajstić information content (AvgIpc) is 2.83. The highest BCUT2D eigenvalue weighted by atomic mass is 16.2. The lowest BCUT2D eigenvalue weighted by Crippen LogP contribution is -2.30. The van der Waals surface area contributed by atoms with Crippen molar-refractivity contribution in [1.82, 2.24) is 14.5 Å². The molecule has 4 rings (SSSR count). The van der Waals surface area contributed by atoms with Crippen molar-refractivity contribution in [3.8, 4) is 5.69 Å². The fourth-order valence-electron chi connectivity index (χ4n) is 3.61. The number of aromatic nitrogens is 2. The van der Waals surface area contributed by atoms with Crippen LogP contribution in [-0.4, -0.2) is 34.0 Å². The maximum absolute atomic E-state index is 13.2. The highest BCUT2D eigenvalue weighted by Gasteiger charge is 2.16. The van der Waals surface area contributed by atoms with Gasteiger partial charge in [-0.25, -0.2) is 4.98 Å². The van der Waals surface area contributed by atoms with Crippen LogP contribution in [0.1, 0.15) is 12.6 Å². The number of aryl methyl sites for hydroxylation is 1. The van der Waals surface area contributed by atoms with Crippen molar-refractivity contribution in [2.24, 2.45) is 0 Å². The minimum absolute atomic E-state index is 0.0674. The minimum Gasteiger partial charge on any atom is -0.375 e. The number of allylic oxidation sites excluding steroid dienone is 1. The number of para-hydroxylation sites is 2. The molecule has 2 N–H and O–H groups in total. The summed E-state index contributed by atoms with van der Waals surface area (Å²) < 4.78 is 1.93. The first kappa shape index (κ1) is 22.8. The fourth-order valence-corrected chi connectivity index (χ4v) is 3.61. The number of anilines is 3. The molecule has 7 nitrogen and oxygen atoms in total. The van der Waals surface area contributed by atoms with Crippen LogP contribution in [0.25, 0.3) is 16.7 Å². The summed E-state index contributed by atoms with van der Waals surface area (Å²) in [5.41, 5.74) is 4.07. The zero-order valence-corrected chi connectivity index (χ0v) is 19.5. The lowest BCUT2D eigenvalue weighted by Gasteiger charge is -2.20. The molecular formula is C27H27N5O2. The third-order valence-electron chi connectivity index (χ3n) is 5.62. The molecule has 0 aliphatic rings. The molecule has 0 fully saturated rings. The molecule has 2 aromatic carbocycles. The quantitative estimate of drug-likeness (QED) is 0.419. The Labute approximate surface area is 198 Å². The highest BCUT2D eigenvalue weighted by Crippen LogP contribution is 2.26. The van der Waals surface area contributed by atoms with Crippen LogP contribution in [-0.2, 0) is 4.79 Å². The molecule has 34 heavy (non-hydrogen) atoms. The third-order valence-corrected chi connectivity index (χ3v) is 5.62. The summed E-state index contributed by atoms with van der Waals surface area (Å²) >= 11 is 0. The van der Waals surface area contributed by atoms with E-state index in [-0.39, 0.29) is 17.9 Å². The molecule has 0 aliphatic heterocycles. The Morgan fingerprint density at radius 3 is 2.35 bits per heavy atom. The Balaban J connectivity index is 1.82. The third kappa shape index (κ3) is 4.68. The summed E-state index contributed by atoms with van der Waals surface area (Å²) in [6.45, 7) is 7.48. The van der Waals surface area contributed by atoms with Crippen molar-refractivity contribution in [2.75, 3.05) is 24.2 Å². The lowest BCUT2D eigenvalue weighted by atomic mass is 10.2. The van der Waals surface area contributed by atoms with E-state index < -0.39 is 0 Å². The van der Waals surface area contributed by atoms with Gasteiger partial charge in [-0.1, -0.05) is 43.0 Å². The number of hydrogen-bond acceptors (Lipinski definition) is 5. The van der Waals surface area contributed by atoms with Gasteiger partial charge in [-0.3, -0.25) is 14.2 Å².